The van der Waals surface area contributed by atoms with Crippen molar-refractivity contribution >= 4 is 5.91 Å². The zero-order valence-electron chi connectivity index (χ0n) is 14.4. The molecule has 1 aliphatic rings. The second kappa shape index (κ2) is 6.76. The molecule has 2 aromatic heterocycles. The number of amides is 1. The molecule has 1 amide bonds. The van der Waals surface area contributed by atoms with Gasteiger partial charge in [0, 0.05) is 23.9 Å². The quantitative estimate of drug-likeness (QED) is 0.736. The van der Waals surface area contributed by atoms with E-state index in [1.54, 1.807) is 19.2 Å². The monoisotopic (exact) mass is 352 g/mol. The highest BCUT2D eigenvalue weighted by Gasteiger charge is 2.34. The Bertz CT molecular complexity index is 894. The summed E-state index contributed by atoms with van der Waals surface area (Å²) in [6, 6.07) is 13.3. The number of rotatable bonds is 5. The van der Waals surface area contributed by atoms with E-state index in [0.29, 0.717) is 5.76 Å². The van der Waals surface area contributed by atoms with Crippen LogP contribution < -0.4 is 5.32 Å². The van der Waals surface area contributed by atoms with Crippen molar-refractivity contribution in [1.82, 2.24) is 20.3 Å². The highest BCUT2D eigenvalue weighted by molar-refractivity contribution is 5.93. The van der Waals surface area contributed by atoms with E-state index < -0.39 is 6.10 Å². The summed E-state index contributed by atoms with van der Waals surface area (Å²) in [4.78, 5) is 12.4. The van der Waals surface area contributed by atoms with Gasteiger partial charge in [0.1, 0.15) is 0 Å². The average molecular weight is 352 g/mol. The Labute approximate surface area is 150 Å². The number of aliphatic hydroxyl groups is 1. The molecule has 0 saturated heterocycles. The van der Waals surface area contributed by atoms with E-state index in [4.69, 9.17) is 4.52 Å². The van der Waals surface area contributed by atoms with Crippen molar-refractivity contribution in [3.63, 3.8) is 0 Å². The van der Waals surface area contributed by atoms with Gasteiger partial charge in [0.25, 0.3) is 5.91 Å². The molecule has 0 bridgehead atoms. The zero-order valence-corrected chi connectivity index (χ0v) is 14.4. The van der Waals surface area contributed by atoms with Gasteiger partial charge >= 0.3 is 0 Å². The molecule has 1 saturated carbocycles. The predicted octanol–water partition coefficient (Wildman–Crippen LogP) is 2.72. The fraction of sp³-hybridized carbons (Fsp3) is 0.316. The van der Waals surface area contributed by atoms with Crippen molar-refractivity contribution in [2.45, 2.75) is 38.0 Å². The van der Waals surface area contributed by atoms with Crippen LogP contribution >= 0.6 is 0 Å². The highest BCUT2D eigenvalue weighted by Crippen LogP contribution is 2.34. The van der Waals surface area contributed by atoms with Gasteiger partial charge in [-0.05, 0) is 25.8 Å². The number of hydrogen-bond acceptors (Lipinski definition) is 5. The number of benzene rings is 1. The van der Waals surface area contributed by atoms with E-state index in [9.17, 15) is 9.90 Å². The largest absolute Gasteiger partial charge is 0.387 e. The number of carbonyl (C=O) groups is 1. The van der Waals surface area contributed by atoms with Crippen molar-refractivity contribution < 1.29 is 14.4 Å². The minimum atomic E-state index is -0.558. The number of nitrogens with zero attached hydrogens (tertiary/aromatic N) is 3. The van der Waals surface area contributed by atoms with Crippen LogP contribution in [0.15, 0.2) is 53.2 Å². The van der Waals surface area contributed by atoms with E-state index in [0.717, 1.165) is 24.1 Å². The molecule has 2 N–H and O–H groups in total. The maximum atomic E-state index is 12.4. The first-order valence-corrected chi connectivity index (χ1v) is 8.66. The summed E-state index contributed by atoms with van der Waals surface area (Å²) in [5.74, 6) is 0.330. The van der Waals surface area contributed by atoms with Gasteiger partial charge in [-0.15, -0.1) is 0 Å². The summed E-state index contributed by atoms with van der Waals surface area (Å²) in [5, 5.41) is 20.9. The van der Waals surface area contributed by atoms with Gasteiger partial charge in [0.2, 0.25) is 0 Å². The minimum Gasteiger partial charge on any atom is -0.387 e. The van der Waals surface area contributed by atoms with Crippen LogP contribution in [0, 0.1) is 0 Å². The molecule has 2 heterocycles. The molecule has 3 aromatic rings. The average Bonchev–Trinajstić information content (AvgIpc) is 3.27. The summed E-state index contributed by atoms with van der Waals surface area (Å²) in [6.45, 7) is 1.72. The van der Waals surface area contributed by atoms with Gasteiger partial charge in [-0.3, -0.25) is 9.48 Å². The SMILES string of the molecule is C[C@@H](O)c1ccnn1[C@H]1C[C@H](NC(=O)c2cc(-c3ccccc3)on2)C1. The molecular weight excluding hydrogens is 332 g/mol. The lowest BCUT2D eigenvalue weighted by Crippen LogP contribution is -2.45. The fourth-order valence-electron chi connectivity index (χ4n) is 3.25. The van der Waals surface area contributed by atoms with Crippen molar-refractivity contribution in [3.8, 4) is 11.3 Å². The van der Waals surface area contributed by atoms with Gasteiger partial charge in [0.15, 0.2) is 11.5 Å². The number of aliphatic hydroxyl groups excluding tert-OH is 1. The maximum Gasteiger partial charge on any atom is 0.273 e. The smallest absolute Gasteiger partial charge is 0.273 e. The Morgan fingerprint density at radius 1 is 1.31 bits per heavy atom. The van der Waals surface area contributed by atoms with Gasteiger partial charge in [0.05, 0.1) is 17.8 Å². The Balaban J connectivity index is 1.36. The van der Waals surface area contributed by atoms with Crippen LogP contribution in [0.2, 0.25) is 0 Å². The van der Waals surface area contributed by atoms with Crippen LogP contribution in [0.1, 0.15) is 48.1 Å². The molecular formula is C19H20N4O3. The molecule has 1 aromatic carbocycles. The normalized spacial score (nSPS) is 20.4. The lowest BCUT2D eigenvalue weighted by atomic mass is 9.86. The van der Waals surface area contributed by atoms with Crippen molar-refractivity contribution in [2.24, 2.45) is 0 Å². The van der Waals surface area contributed by atoms with Gasteiger partial charge in [-0.2, -0.15) is 5.10 Å². The molecule has 1 atom stereocenters. The van der Waals surface area contributed by atoms with Crippen LogP contribution in [0.25, 0.3) is 11.3 Å². The van der Waals surface area contributed by atoms with Crippen LogP contribution in [-0.2, 0) is 0 Å². The first-order chi connectivity index (χ1) is 12.6. The van der Waals surface area contributed by atoms with Crippen molar-refractivity contribution in [1.29, 1.82) is 0 Å². The van der Waals surface area contributed by atoms with Crippen LogP contribution in [0.5, 0.6) is 0 Å². The molecule has 7 heteroatoms. The summed E-state index contributed by atoms with van der Waals surface area (Å²) >= 11 is 0. The van der Waals surface area contributed by atoms with Crippen LogP contribution in [0.3, 0.4) is 0 Å². The molecule has 0 radical (unpaired) electrons. The number of nitrogens with one attached hydrogen (secondary N) is 1. The van der Waals surface area contributed by atoms with Crippen LogP contribution in [-0.4, -0.2) is 32.0 Å². The third-order valence-electron chi connectivity index (χ3n) is 4.72. The molecule has 4 rings (SSSR count). The van der Waals surface area contributed by atoms with E-state index in [1.165, 1.54) is 0 Å². The number of hydrogen-bond donors (Lipinski definition) is 2. The molecule has 26 heavy (non-hydrogen) atoms. The zero-order chi connectivity index (χ0) is 18.1. The van der Waals surface area contributed by atoms with E-state index in [2.05, 4.69) is 15.6 Å². The molecule has 0 aliphatic heterocycles. The minimum absolute atomic E-state index is 0.0652. The number of carbonyl (C=O) groups excluding carboxylic acids is 1. The molecule has 0 spiro atoms. The summed E-state index contributed by atoms with van der Waals surface area (Å²) in [5.41, 5.74) is 1.95. The second-order valence-electron chi connectivity index (χ2n) is 6.61. The van der Waals surface area contributed by atoms with Gasteiger partial charge < -0.3 is 14.9 Å². The number of aromatic nitrogens is 3. The summed E-state index contributed by atoms with van der Waals surface area (Å²) < 4.78 is 7.12. The lowest BCUT2D eigenvalue weighted by molar-refractivity contribution is 0.0871. The van der Waals surface area contributed by atoms with Crippen molar-refractivity contribution in [3.05, 3.63) is 60.0 Å². The first-order valence-electron chi connectivity index (χ1n) is 8.66. The molecule has 1 aliphatic carbocycles. The molecule has 134 valence electrons. The highest BCUT2D eigenvalue weighted by atomic mass is 16.5. The lowest BCUT2D eigenvalue weighted by Gasteiger charge is -2.36. The molecule has 0 unspecified atom stereocenters. The Morgan fingerprint density at radius 3 is 2.81 bits per heavy atom. The second-order valence-corrected chi connectivity index (χ2v) is 6.61. The molecule has 1 fully saturated rings. The predicted molar refractivity (Wildman–Crippen MR) is 94.3 cm³/mol. The van der Waals surface area contributed by atoms with E-state index in [1.807, 2.05) is 41.1 Å². The topological polar surface area (TPSA) is 93.2 Å². The van der Waals surface area contributed by atoms with Crippen LogP contribution in [0.4, 0.5) is 0 Å². The Kier molecular flexibility index (Phi) is 4.30. The van der Waals surface area contributed by atoms with Gasteiger partial charge in [-0.25, -0.2) is 0 Å². The van der Waals surface area contributed by atoms with E-state index >= 15 is 0 Å². The molecule has 7 nitrogen and oxygen atoms in total. The summed E-state index contributed by atoms with van der Waals surface area (Å²) in [6.07, 6.45) is 2.68. The summed E-state index contributed by atoms with van der Waals surface area (Å²) in [7, 11) is 0. The maximum absolute atomic E-state index is 12.4. The Hall–Kier alpha value is -2.93. The fourth-order valence-corrected chi connectivity index (χ4v) is 3.25. The standard InChI is InChI=1S/C19H20N4O3/c1-12(24)17-7-8-20-23(17)15-9-14(10-15)21-19(25)16-11-18(26-22-16)13-5-3-2-4-6-13/h2-8,11-12,14-15,24H,9-10H2,1H3,(H,21,25)/t12-,14-,15-/m1/s1. The van der Waals surface area contributed by atoms with Gasteiger partial charge in [-0.1, -0.05) is 35.5 Å². The third kappa shape index (κ3) is 3.13. The third-order valence-corrected chi connectivity index (χ3v) is 4.72. The van der Waals surface area contributed by atoms with E-state index in [-0.39, 0.29) is 23.7 Å². The van der Waals surface area contributed by atoms with Crippen molar-refractivity contribution in [2.75, 3.05) is 0 Å². The first kappa shape index (κ1) is 16.5. The Morgan fingerprint density at radius 2 is 2.08 bits per heavy atom.